The number of amides is 1. The van der Waals surface area contributed by atoms with Crippen molar-refractivity contribution in [1.82, 2.24) is 5.32 Å². The van der Waals surface area contributed by atoms with E-state index in [0.29, 0.717) is 5.75 Å². The number of carbonyl (C=O) groups excluding carboxylic acids is 1. The summed E-state index contributed by atoms with van der Waals surface area (Å²) >= 11 is 0. The van der Waals surface area contributed by atoms with Crippen molar-refractivity contribution in [3.8, 4) is 0 Å². The lowest BCUT2D eigenvalue weighted by atomic mass is 10.1. The predicted octanol–water partition coefficient (Wildman–Crippen LogP) is 2.24. The van der Waals surface area contributed by atoms with Gasteiger partial charge in [0.05, 0.1) is 0 Å². The molecule has 18 heavy (non-hydrogen) atoms. The summed E-state index contributed by atoms with van der Waals surface area (Å²) < 4.78 is 12.1. The minimum Gasteiger partial charge on any atom is -0.350 e. The fraction of sp³-hybridized carbons (Fsp3) is 0.500. The molecular weight excluding hydrogens is 246 g/mol. The Hall–Kier alpha value is -1.16. The average Bonchev–Trinajstić information content (AvgIpc) is 2.27. The molecule has 0 radical (unpaired) electrons. The maximum atomic E-state index is 12.1. The zero-order valence-electron chi connectivity index (χ0n) is 11.4. The Morgan fingerprint density at radius 1 is 1.28 bits per heavy atom. The molecule has 0 aliphatic heterocycles. The minimum absolute atomic E-state index is 0.156. The van der Waals surface area contributed by atoms with Gasteiger partial charge in [0.25, 0.3) is 0 Å². The van der Waals surface area contributed by atoms with Crippen LogP contribution in [0.5, 0.6) is 0 Å². The van der Waals surface area contributed by atoms with Crippen molar-refractivity contribution in [1.29, 1.82) is 0 Å². The van der Waals surface area contributed by atoms with Gasteiger partial charge in [-0.15, -0.1) is 0 Å². The van der Waals surface area contributed by atoms with Crippen LogP contribution >= 0.6 is 0 Å². The monoisotopic (exact) mass is 267 g/mol. The quantitative estimate of drug-likeness (QED) is 0.909. The van der Waals surface area contributed by atoms with Gasteiger partial charge in [-0.1, -0.05) is 30.3 Å². The predicted molar refractivity (Wildman–Crippen MR) is 75.6 cm³/mol. The molecule has 2 unspecified atom stereocenters. The van der Waals surface area contributed by atoms with E-state index in [9.17, 15) is 9.00 Å². The van der Waals surface area contributed by atoms with Gasteiger partial charge in [-0.2, -0.15) is 0 Å². The number of hydrogen-bond donors (Lipinski definition) is 1. The molecule has 0 aliphatic rings. The molecule has 0 bridgehead atoms. The number of rotatable bonds is 4. The second-order valence-electron chi connectivity index (χ2n) is 5.39. The van der Waals surface area contributed by atoms with E-state index in [1.54, 1.807) is 6.92 Å². The number of hydrogen-bond acceptors (Lipinski definition) is 2. The molecule has 100 valence electrons. The number of benzene rings is 1. The largest absolute Gasteiger partial charge is 0.350 e. The highest BCUT2D eigenvalue weighted by molar-refractivity contribution is 7.85. The Balaban J connectivity index is 2.59. The van der Waals surface area contributed by atoms with E-state index in [2.05, 4.69) is 5.32 Å². The van der Waals surface area contributed by atoms with Crippen LogP contribution < -0.4 is 5.32 Å². The first kappa shape index (κ1) is 14.9. The summed E-state index contributed by atoms with van der Waals surface area (Å²) in [5, 5.41) is 2.36. The summed E-state index contributed by atoms with van der Waals surface area (Å²) in [6.07, 6.45) is 0. The Bertz CT molecular complexity index is 423. The molecule has 2 atom stereocenters. The summed E-state index contributed by atoms with van der Waals surface area (Å²) in [7, 11) is -1.19. The smallest absolute Gasteiger partial charge is 0.235 e. The van der Waals surface area contributed by atoms with Crippen LogP contribution in [0.4, 0.5) is 0 Å². The van der Waals surface area contributed by atoms with E-state index >= 15 is 0 Å². The van der Waals surface area contributed by atoms with Crippen molar-refractivity contribution in [3.63, 3.8) is 0 Å². The molecule has 3 nitrogen and oxygen atoms in total. The summed E-state index contributed by atoms with van der Waals surface area (Å²) in [6.45, 7) is 7.45. The lowest BCUT2D eigenvalue weighted by Gasteiger charge is -2.23. The fourth-order valence-electron chi connectivity index (χ4n) is 1.45. The molecule has 1 N–H and O–H groups in total. The van der Waals surface area contributed by atoms with E-state index in [-0.39, 0.29) is 11.4 Å². The number of nitrogens with one attached hydrogen (secondary N) is 1. The van der Waals surface area contributed by atoms with Gasteiger partial charge in [0.2, 0.25) is 5.91 Å². The van der Waals surface area contributed by atoms with Crippen molar-refractivity contribution >= 4 is 16.7 Å². The lowest BCUT2D eigenvalue weighted by molar-refractivity contribution is -0.121. The van der Waals surface area contributed by atoms with Crippen LogP contribution in [0, 0.1) is 0 Å². The van der Waals surface area contributed by atoms with E-state index in [0.717, 1.165) is 5.56 Å². The first-order valence-electron chi connectivity index (χ1n) is 6.03. The van der Waals surface area contributed by atoms with E-state index in [4.69, 9.17) is 0 Å². The lowest BCUT2D eigenvalue weighted by Crippen LogP contribution is -2.46. The first-order chi connectivity index (χ1) is 8.29. The van der Waals surface area contributed by atoms with Crippen LogP contribution in [-0.2, 0) is 21.3 Å². The third-order valence-corrected chi connectivity index (χ3v) is 4.03. The minimum atomic E-state index is -1.19. The molecule has 1 rings (SSSR count). The molecule has 1 aromatic carbocycles. The van der Waals surface area contributed by atoms with E-state index in [1.807, 2.05) is 51.1 Å². The first-order valence-corrected chi connectivity index (χ1v) is 7.41. The summed E-state index contributed by atoms with van der Waals surface area (Å²) in [5.74, 6) is 0.260. The third-order valence-electron chi connectivity index (χ3n) is 2.41. The molecule has 1 aromatic rings. The summed E-state index contributed by atoms with van der Waals surface area (Å²) in [4.78, 5) is 11.9. The van der Waals surface area contributed by atoms with Crippen molar-refractivity contribution in [2.45, 2.75) is 44.2 Å². The summed E-state index contributed by atoms with van der Waals surface area (Å²) in [5.41, 5.74) is 0.702. The molecule has 0 aliphatic carbocycles. The van der Waals surface area contributed by atoms with Gasteiger partial charge in [-0.3, -0.25) is 9.00 Å². The van der Waals surface area contributed by atoms with Gasteiger partial charge in [0.15, 0.2) is 0 Å². The van der Waals surface area contributed by atoms with Gasteiger partial charge < -0.3 is 5.32 Å². The van der Waals surface area contributed by atoms with Gasteiger partial charge in [0.1, 0.15) is 5.25 Å². The van der Waals surface area contributed by atoms with Crippen molar-refractivity contribution in [2.24, 2.45) is 0 Å². The topological polar surface area (TPSA) is 46.2 Å². The van der Waals surface area contributed by atoms with Crippen molar-refractivity contribution in [3.05, 3.63) is 35.9 Å². The SMILES string of the molecule is CC(C(=O)NC(C)(C)C)S(=O)Cc1ccccc1. The molecule has 0 heterocycles. The molecule has 0 spiro atoms. The van der Waals surface area contributed by atoms with Crippen LogP contribution in [0.25, 0.3) is 0 Å². The highest BCUT2D eigenvalue weighted by atomic mass is 32.2. The van der Waals surface area contributed by atoms with Gasteiger partial charge in [-0.25, -0.2) is 0 Å². The van der Waals surface area contributed by atoms with Crippen LogP contribution in [-0.4, -0.2) is 20.9 Å². The molecule has 0 aromatic heterocycles. The zero-order chi connectivity index (χ0) is 13.8. The Morgan fingerprint density at radius 2 is 1.83 bits per heavy atom. The maximum Gasteiger partial charge on any atom is 0.235 e. The zero-order valence-corrected chi connectivity index (χ0v) is 12.2. The van der Waals surface area contributed by atoms with E-state index in [1.165, 1.54) is 0 Å². The van der Waals surface area contributed by atoms with Crippen LogP contribution in [0.2, 0.25) is 0 Å². The average molecular weight is 267 g/mol. The van der Waals surface area contributed by atoms with E-state index < -0.39 is 16.0 Å². The second kappa shape index (κ2) is 6.14. The molecule has 4 heteroatoms. The van der Waals surface area contributed by atoms with Gasteiger partial charge in [-0.05, 0) is 33.3 Å². The van der Waals surface area contributed by atoms with Crippen LogP contribution in [0.15, 0.2) is 30.3 Å². The maximum absolute atomic E-state index is 12.1. The van der Waals surface area contributed by atoms with Crippen LogP contribution in [0.3, 0.4) is 0 Å². The normalized spacial score (nSPS) is 14.9. The Labute approximate surface area is 111 Å². The van der Waals surface area contributed by atoms with Crippen molar-refractivity contribution in [2.75, 3.05) is 0 Å². The Kier molecular flexibility index (Phi) is 5.08. The molecule has 0 saturated heterocycles. The summed E-state index contributed by atoms with van der Waals surface area (Å²) in [6, 6.07) is 9.58. The highest BCUT2D eigenvalue weighted by Gasteiger charge is 2.23. The van der Waals surface area contributed by atoms with Gasteiger partial charge in [0, 0.05) is 22.1 Å². The van der Waals surface area contributed by atoms with Gasteiger partial charge >= 0.3 is 0 Å². The third kappa shape index (κ3) is 5.00. The fourth-order valence-corrected chi connectivity index (χ4v) is 2.52. The highest BCUT2D eigenvalue weighted by Crippen LogP contribution is 2.09. The number of carbonyl (C=O) groups is 1. The van der Waals surface area contributed by atoms with Crippen LogP contribution in [0.1, 0.15) is 33.3 Å². The Morgan fingerprint density at radius 3 is 2.33 bits per heavy atom. The standard InChI is InChI=1S/C14H21NO2S/c1-11(13(16)15-14(2,3)4)18(17)10-12-8-6-5-7-9-12/h5-9,11H,10H2,1-4H3,(H,15,16). The molecule has 0 fully saturated rings. The molecule has 1 amide bonds. The second-order valence-corrected chi connectivity index (χ2v) is 7.15. The molecule has 0 saturated carbocycles. The van der Waals surface area contributed by atoms with Crippen molar-refractivity contribution < 1.29 is 9.00 Å². The molecular formula is C14H21NO2S.